The van der Waals surface area contributed by atoms with Gasteiger partial charge in [-0.3, -0.25) is 9.88 Å². The molecule has 1 saturated carbocycles. The number of benzene rings is 2. The van der Waals surface area contributed by atoms with Crippen LogP contribution in [0.25, 0.3) is 32.9 Å². The van der Waals surface area contributed by atoms with Crippen LogP contribution in [0.15, 0.2) is 24.4 Å². The number of terminal acetylenes is 1. The van der Waals surface area contributed by atoms with Gasteiger partial charge in [0.05, 0.1) is 38.5 Å². The minimum absolute atomic E-state index is 0.00775. The third kappa shape index (κ3) is 4.45. The van der Waals surface area contributed by atoms with E-state index in [9.17, 15) is 17.6 Å². The van der Waals surface area contributed by atoms with Crippen molar-refractivity contribution in [2.24, 2.45) is 5.92 Å². The van der Waals surface area contributed by atoms with Gasteiger partial charge >= 0.3 is 6.01 Å². The van der Waals surface area contributed by atoms with Crippen molar-refractivity contribution in [1.29, 1.82) is 0 Å². The third-order valence-electron chi connectivity index (χ3n) is 9.58. The van der Waals surface area contributed by atoms with Crippen LogP contribution in [0.3, 0.4) is 0 Å². The molecule has 0 radical (unpaired) electrons. The van der Waals surface area contributed by atoms with Crippen LogP contribution in [0.2, 0.25) is 0 Å². The molecule has 0 amide bonds. The Hall–Kier alpha value is -4.28. The predicted octanol–water partition coefficient (Wildman–Crippen LogP) is 4.95. The number of aromatic nitrogens is 3. The van der Waals surface area contributed by atoms with E-state index in [0.717, 1.165) is 6.07 Å². The lowest BCUT2D eigenvalue weighted by Crippen LogP contribution is -2.43. The van der Waals surface area contributed by atoms with Gasteiger partial charge in [0, 0.05) is 48.3 Å². The molecule has 4 aliphatic rings. The molecule has 3 saturated heterocycles. The van der Waals surface area contributed by atoms with E-state index in [1.165, 1.54) is 18.3 Å². The summed E-state index contributed by atoms with van der Waals surface area (Å²) in [5.74, 6) is -1.81. The first-order valence-electron chi connectivity index (χ1n) is 16.0. The topological polar surface area (TPSA) is 89.6 Å². The van der Waals surface area contributed by atoms with E-state index < -0.39 is 65.4 Å². The molecule has 4 fully saturated rings. The molecule has 5 heterocycles. The SMILES string of the molecule is [2H]C([2H])(Oc1nc(N2CCOC[C@@H]3[C@H](F)[C@@H]32)c2cnc(-c3cc(N)cc4cc(F)c(F)c(C#C)c34)c(F)c2n1)[C@@]12CCCN1C[C@H](F)C2. The normalized spacial score (nSPS) is 28.4. The summed E-state index contributed by atoms with van der Waals surface area (Å²) in [6.07, 6.45) is 5.20. The Kier molecular flexibility index (Phi) is 6.22. The molecule has 46 heavy (non-hydrogen) atoms. The van der Waals surface area contributed by atoms with E-state index in [1.807, 2.05) is 0 Å². The molecule has 3 aliphatic heterocycles. The number of fused-ring (bicyclic) bond motifs is 4. The molecule has 5 atom stereocenters. The summed E-state index contributed by atoms with van der Waals surface area (Å²) in [7, 11) is 0. The number of nitrogens with zero attached hydrogens (tertiary/aromatic N) is 5. The van der Waals surface area contributed by atoms with E-state index in [0.29, 0.717) is 19.4 Å². The maximum atomic E-state index is 16.9. The number of anilines is 2. The van der Waals surface area contributed by atoms with Gasteiger partial charge in [0.1, 0.15) is 35.9 Å². The molecule has 0 unspecified atom stereocenters. The Morgan fingerprint density at radius 3 is 2.85 bits per heavy atom. The standard InChI is InChI=1S/C33H29F5N6O2/c1-2-19-24-16(9-23(35)25(19)36)8-18(39)10-20(24)28-27(38)29-21(12-40-28)31(44-6-7-45-14-22-26(37)30(22)44)42-32(41-29)46-15-33-4-3-5-43(33)13-17(34)11-33/h1,8-10,12,17,22,26,30H,3-7,11,13-15,39H2/t17-,22-,26+,30-,33+/m1/s1/i15D2. The molecule has 0 spiro atoms. The maximum Gasteiger partial charge on any atom is 0.319 e. The molecule has 238 valence electrons. The van der Waals surface area contributed by atoms with Crippen molar-refractivity contribution in [1.82, 2.24) is 19.9 Å². The molecule has 1 aliphatic carbocycles. The predicted molar refractivity (Wildman–Crippen MR) is 161 cm³/mol. The number of hydrogen-bond acceptors (Lipinski definition) is 8. The van der Waals surface area contributed by atoms with E-state index in [2.05, 4.69) is 20.9 Å². The van der Waals surface area contributed by atoms with E-state index in [1.54, 1.807) is 9.80 Å². The van der Waals surface area contributed by atoms with Crippen LogP contribution in [0, 0.1) is 35.7 Å². The Morgan fingerprint density at radius 2 is 2.02 bits per heavy atom. The Balaban J connectivity index is 1.33. The summed E-state index contributed by atoms with van der Waals surface area (Å²) in [5.41, 5.74) is 3.68. The van der Waals surface area contributed by atoms with Crippen LogP contribution < -0.4 is 15.4 Å². The van der Waals surface area contributed by atoms with Gasteiger partial charge in [-0.05, 0) is 43.0 Å². The molecule has 2 N–H and O–H groups in total. The van der Waals surface area contributed by atoms with Crippen molar-refractivity contribution in [2.45, 2.75) is 43.2 Å². The molecule has 0 bridgehead atoms. The molecule has 2 aromatic carbocycles. The highest BCUT2D eigenvalue weighted by molar-refractivity contribution is 6.04. The highest BCUT2D eigenvalue weighted by Gasteiger charge is 2.56. The summed E-state index contributed by atoms with van der Waals surface area (Å²) < 4.78 is 105. The first-order valence-corrected chi connectivity index (χ1v) is 15.0. The molecule has 2 aromatic heterocycles. The average Bonchev–Trinajstić information content (AvgIpc) is 3.39. The first kappa shape index (κ1) is 26.9. The number of nitrogen functional groups attached to an aromatic ring is 1. The average molecular weight is 639 g/mol. The largest absolute Gasteiger partial charge is 0.461 e. The Morgan fingerprint density at radius 1 is 1.17 bits per heavy atom. The van der Waals surface area contributed by atoms with E-state index in [4.69, 9.17) is 24.4 Å². The second-order valence-corrected chi connectivity index (χ2v) is 12.3. The van der Waals surface area contributed by atoms with Gasteiger partial charge in [0.25, 0.3) is 0 Å². The van der Waals surface area contributed by atoms with E-state index in [-0.39, 0.29) is 77.2 Å². The summed E-state index contributed by atoms with van der Waals surface area (Å²) in [6, 6.07) is 2.40. The van der Waals surface area contributed by atoms with Crippen molar-refractivity contribution in [3.63, 3.8) is 0 Å². The summed E-state index contributed by atoms with van der Waals surface area (Å²) in [6.45, 7) is -1.36. The van der Waals surface area contributed by atoms with Crippen molar-refractivity contribution in [3.8, 4) is 29.6 Å². The van der Waals surface area contributed by atoms with Crippen LogP contribution >= 0.6 is 0 Å². The van der Waals surface area contributed by atoms with Crippen molar-refractivity contribution in [2.75, 3.05) is 50.0 Å². The van der Waals surface area contributed by atoms with Gasteiger partial charge in [-0.25, -0.2) is 22.0 Å². The zero-order valence-electron chi connectivity index (χ0n) is 26.4. The van der Waals surface area contributed by atoms with Crippen LogP contribution in [0.4, 0.5) is 33.5 Å². The zero-order valence-corrected chi connectivity index (χ0v) is 24.4. The lowest BCUT2D eigenvalue weighted by Gasteiger charge is -2.31. The number of ether oxygens (including phenoxy) is 2. The molecule has 8 rings (SSSR count). The third-order valence-corrected chi connectivity index (χ3v) is 9.58. The minimum Gasteiger partial charge on any atom is -0.461 e. The molecule has 13 heteroatoms. The molecular weight excluding hydrogens is 607 g/mol. The van der Waals surface area contributed by atoms with Crippen molar-refractivity contribution >= 4 is 33.2 Å². The van der Waals surface area contributed by atoms with Gasteiger partial charge < -0.3 is 20.1 Å². The second kappa shape index (κ2) is 10.6. The number of alkyl halides is 2. The Labute approximate surface area is 263 Å². The second-order valence-electron chi connectivity index (χ2n) is 12.3. The smallest absolute Gasteiger partial charge is 0.319 e. The fourth-order valence-corrected chi connectivity index (χ4v) is 7.39. The Bertz CT molecular complexity index is 2050. The van der Waals surface area contributed by atoms with Crippen LogP contribution in [0.5, 0.6) is 6.01 Å². The first-order chi connectivity index (χ1) is 22.9. The van der Waals surface area contributed by atoms with E-state index >= 15 is 4.39 Å². The van der Waals surface area contributed by atoms with Gasteiger partial charge in [0.2, 0.25) is 0 Å². The number of halogens is 5. The van der Waals surface area contributed by atoms with Gasteiger partial charge in [0.15, 0.2) is 17.5 Å². The highest BCUT2D eigenvalue weighted by atomic mass is 19.2. The van der Waals surface area contributed by atoms with Crippen molar-refractivity contribution < 1.29 is 34.2 Å². The molecule has 4 aromatic rings. The number of nitrogens with two attached hydrogens (primary N) is 1. The maximum absolute atomic E-state index is 16.9. The number of pyridine rings is 1. The van der Waals surface area contributed by atoms with Gasteiger partial charge in [-0.2, -0.15) is 9.97 Å². The highest BCUT2D eigenvalue weighted by Crippen LogP contribution is 2.46. The van der Waals surface area contributed by atoms with Crippen LogP contribution in [0.1, 0.15) is 27.6 Å². The fraction of sp³-hybridized carbons (Fsp3) is 0.424. The quantitative estimate of drug-likeness (QED) is 0.187. The van der Waals surface area contributed by atoms with Gasteiger partial charge in [-0.15, -0.1) is 6.42 Å². The number of rotatable bonds is 5. The van der Waals surface area contributed by atoms with Gasteiger partial charge in [-0.1, -0.05) is 5.92 Å². The van der Waals surface area contributed by atoms with Crippen LogP contribution in [-0.2, 0) is 4.74 Å². The monoisotopic (exact) mass is 638 g/mol. The lowest BCUT2D eigenvalue weighted by molar-refractivity contribution is 0.107. The van der Waals surface area contributed by atoms with Crippen LogP contribution in [-0.4, -0.2) is 83.2 Å². The summed E-state index contributed by atoms with van der Waals surface area (Å²) in [5, 5.41) is 0.170. The number of hydrogen-bond donors (Lipinski definition) is 1. The van der Waals surface area contributed by atoms with Crippen molar-refractivity contribution in [3.05, 3.63) is 47.4 Å². The molecular formula is C33H29F5N6O2. The fourth-order valence-electron chi connectivity index (χ4n) is 7.39. The zero-order chi connectivity index (χ0) is 33.7. The minimum atomic E-state index is -2.50. The summed E-state index contributed by atoms with van der Waals surface area (Å²) >= 11 is 0. The molecule has 8 nitrogen and oxygen atoms in total. The lowest BCUT2D eigenvalue weighted by atomic mass is 9.95. The summed E-state index contributed by atoms with van der Waals surface area (Å²) in [4.78, 5) is 16.5.